The van der Waals surface area contributed by atoms with E-state index in [1.54, 1.807) is 7.11 Å². The van der Waals surface area contributed by atoms with E-state index in [-0.39, 0.29) is 32.0 Å². The van der Waals surface area contributed by atoms with Gasteiger partial charge < -0.3 is 38.3 Å². The summed E-state index contributed by atoms with van der Waals surface area (Å²) >= 11 is 0. The van der Waals surface area contributed by atoms with E-state index >= 15 is 0 Å². The summed E-state index contributed by atoms with van der Waals surface area (Å²) in [6.07, 6.45) is 0.111. The monoisotopic (exact) mass is 722 g/mol. The Bertz CT molecular complexity index is 1660. The third kappa shape index (κ3) is 10.1. The summed E-state index contributed by atoms with van der Waals surface area (Å²) in [5.74, 6) is -1.13. The molecule has 7 atom stereocenters. The summed E-state index contributed by atoms with van der Waals surface area (Å²) < 4.78 is 45.6. The molecule has 6 rings (SSSR count). The lowest BCUT2D eigenvalue weighted by Crippen LogP contribution is -2.54. The molecule has 0 radical (unpaired) electrons. The Hall–Kier alpha value is -3.70. The first-order valence-electron chi connectivity index (χ1n) is 18.7. The maximum Gasteiger partial charge on any atom is 0.198 e. The van der Waals surface area contributed by atoms with Crippen molar-refractivity contribution in [2.45, 2.75) is 88.2 Å². The molecule has 4 aromatic carbocycles. The largest absolute Gasteiger partial charge is 0.394 e. The molecule has 2 bridgehead atoms. The van der Waals surface area contributed by atoms with Gasteiger partial charge in [-0.15, -0.1) is 0 Å². The molecule has 4 aromatic rings. The van der Waals surface area contributed by atoms with Crippen LogP contribution in [0.3, 0.4) is 0 Å². The molecule has 8 nitrogen and oxygen atoms in total. The molecule has 0 spiro atoms. The van der Waals surface area contributed by atoms with Gasteiger partial charge in [-0.3, -0.25) is 0 Å². The molecule has 2 aliphatic rings. The smallest absolute Gasteiger partial charge is 0.198 e. The van der Waals surface area contributed by atoms with Gasteiger partial charge in [0.05, 0.1) is 45.2 Å². The predicted molar refractivity (Wildman–Crippen MR) is 204 cm³/mol. The first kappa shape index (κ1) is 39.0. The number of fused-ring (bicyclic) bond motifs is 2. The number of rotatable bonds is 21. The van der Waals surface area contributed by atoms with Crippen LogP contribution >= 0.6 is 0 Å². The van der Waals surface area contributed by atoms with Crippen molar-refractivity contribution in [3.05, 3.63) is 156 Å². The number of ether oxygens (including phenoxy) is 7. The van der Waals surface area contributed by atoms with Crippen LogP contribution in [0.5, 0.6) is 0 Å². The molecular weight excluding hydrogens is 668 g/mol. The Morgan fingerprint density at radius 3 is 1.85 bits per heavy atom. The number of methoxy groups -OCH3 is 1. The zero-order chi connectivity index (χ0) is 36.9. The lowest BCUT2D eigenvalue weighted by molar-refractivity contribution is -0.348. The van der Waals surface area contributed by atoms with E-state index < -0.39 is 29.7 Å². The fraction of sp³-hybridized carbons (Fsp3) is 0.422. The minimum absolute atomic E-state index is 0.0836. The fourth-order valence-electron chi connectivity index (χ4n) is 7.74. The van der Waals surface area contributed by atoms with Gasteiger partial charge in [-0.1, -0.05) is 135 Å². The molecule has 2 fully saturated rings. The van der Waals surface area contributed by atoms with Crippen molar-refractivity contribution in [2.24, 2.45) is 5.92 Å². The second-order valence-corrected chi connectivity index (χ2v) is 14.3. The van der Waals surface area contributed by atoms with E-state index in [2.05, 4.69) is 49.9 Å². The van der Waals surface area contributed by atoms with Crippen LogP contribution in [0.4, 0.5) is 0 Å². The van der Waals surface area contributed by atoms with E-state index in [0.717, 1.165) is 28.7 Å². The minimum Gasteiger partial charge on any atom is -0.394 e. The number of hydrogen-bond acceptors (Lipinski definition) is 8. The highest BCUT2D eigenvalue weighted by atomic mass is 16.8. The van der Waals surface area contributed by atoms with E-state index in [1.807, 2.05) is 84.9 Å². The summed E-state index contributed by atoms with van der Waals surface area (Å²) in [5.41, 5.74) is 4.35. The Labute approximate surface area is 314 Å². The maximum absolute atomic E-state index is 10.6. The van der Waals surface area contributed by atoms with Crippen molar-refractivity contribution < 1.29 is 38.3 Å². The molecular formula is C45H54O8. The third-order valence-electron chi connectivity index (χ3n) is 10.2. The Morgan fingerprint density at radius 1 is 0.774 bits per heavy atom. The van der Waals surface area contributed by atoms with E-state index in [1.165, 1.54) is 5.56 Å². The predicted octanol–water partition coefficient (Wildman–Crippen LogP) is 7.82. The van der Waals surface area contributed by atoms with Crippen LogP contribution < -0.4 is 0 Å². The van der Waals surface area contributed by atoms with Gasteiger partial charge >= 0.3 is 0 Å². The van der Waals surface area contributed by atoms with E-state index in [0.29, 0.717) is 39.1 Å². The van der Waals surface area contributed by atoms with Crippen molar-refractivity contribution in [3.8, 4) is 0 Å². The average Bonchev–Trinajstić information content (AvgIpc) is 3.38. The van der Waals surface area contributed by atoms with Gasteiger partial charge in [-0.2, -0.15) is 0 Å². The van der Waals surface area contributed by atoms with E-state index in [9.17, 15) is 5.11 Å². The van der Waals surface area contributed by atoms with E-state index in [4.69, 9.17) is 33.2 Å². The SMILES string of the molecule is C=C(CC[C@]12O[C@H](CO)C[C@](COCOC)(O1)[C@H](OCc1ccccc1)[C@H]2OCc1ccccc1)[C@H](OCc1ccccc1)[C@@H](C)Cc1ccccc1. The quantitative estimate of drug-likeness (QED) is 0.0530. The Balaban J connectivity index is 1.30. The fourth-order valence-corrected chi connectivity index (χ4v) is 7.74. The zero-order valence-electron chi connectivity index (χ0n) is 31.0. The normalized spacial score (nSPS) is 24.8. The van der Waals surface area contributed by atoms with Crippen molar-refractivity contribution >= 4 is 0 Å². The van der Waals surface area contributed by atoms with Crippen LogP contribution in [0, 0.1) is 5.92 Å². The number of aliphatic hydroxyl groups excluding tert-OH is 1. The zero-order valence-corrected chi connectivity index (χ0v) is 31.0. The van der Waals surface area contributed by atoms with Crippen LogP contribution in [0.1, 0.15) is 48.4 Å². The molecule has 0 unspecified atom stereocenters. The van der Waals surface area contributed by atoms with Gasteiger partial charge in [0.2, 0.25) is 0 Å². The molecule has 282 valence electrons. The van der Waals surface area contributed by atoms with Gasteiger partial charge in [-0.25, -0.2) is 0 Å². The summed E-state index contributed by atoms with van der Waals surface area (Å²) in [7, 11) is 1.59. The number of benzene rings is 4. The first-order chi connectivity index (χ1) is 25.9. The average molecular weight is 723 g/mol. The van der Waals surface area contributed by atoms with Gasteiger partial charge in [-0.05, 0) is 46.6 Å². The van der Waals surface area contributed by atoms with Crippen LogP contribution in [0.25, 0.3) is 0 Å². The van der Waals surface area contributed by atoms with Crippen molar-refractivity contribution in [3.63, 3.8) is 0 Å². The lowest BCUT2D eigenvalue weighted by atomic mass is 9.87. The third-order valence-corrected chi connectivity index (χ3v) is 10.2. The second-order valence-electron chi connectivity index (χ2n) is 14.3. The molecule has 0 aromatic heterocycles. The van der Waals surface area contributed by atoms with Gasteiger partial charge in [0, 0.05) is 20.0 Å². The highest BCUT2D eigenvalue weighted by Gasteiger charge is 2.69. The van der Waals surface area contributed by atoms with Gasteiger partial charge in [0.25, 0.3) is 0 Å². The summed E-state index contributed by atoms with van der Waals surface area (Å²) in [4.78, 5) is 0. The molecule has 53 heavy (non-hydrogen) atoms. The molecule has 2 heterocycles. The minimum atomic E-state index is -1.27. The van der Waals surface area contributed by atoms with Crippen molar-refractivity contribution in [2.75, 3.05) is 27.1 Å². The van der Waals surface area contributed by atoms with Crippen LogP contribution in [-0.2, 0) is 59.4 Å². The van der Waals surface area contributed by atoms with Gasteiger partial charge in [0.15, 0.2) is 5.79 Å². The molecule has 2 aliphatic heterocycles. The summed E-state index contributed by atoms with van der Waals surface area (Å²) in [6, 6.07) is 40.8. The van der Waals surface area contributed by atoms with Crippen molar-refractivity contribution in [1.29, 1.82) is 0 Å². The molecule has 1 N–H and O–H groups in total. The highest BCUT2D eigenvalue weighted by Crippen LogP contribution is 2.53. The molecule has 0 amide bonds. The summed E-state index contributed by atoms with van der Waals surface area (Å²) in [5, 5.41) is 10.6. The molecule has 8 heteroatoms. The second kappa shape index (κ2) is 19.1. The van der Waals surface area contributed by atoms with Crippen LogP contribution in [-0.4, -0.2) is 68.0 Å². The summed E-state index contributed by atoms with van der Waals surface area (Å²) in [6.45, 7) is 8.03. The highest BCUT2D eigenvalue weighted by molar-refractivity contribution is 5.20. The Kier molecular flexibility index (Phi) is 14.0. The molecule has 0 aliphatic carbocycles. The maximum atomic E-state index is 10.6. The molecule has 2 saturated heterocycles. The van der Waals surface area contributed by atoms with Crippen molar-refractivity contribution in [1.82, 2.24) is 0 Å². The van der Waals surface area contributed by atoms with Gasteiger partial charge in [0.1, 0.15) is 24.6 Å². The molecule has 0 saturated carbocycles. The lowest BCUT2D eigenvalue weighted by Gasteiger charge is -2.44. The van der Waals surface area contributed by atoms with Crippen LogP contribution in [0.2, 0.25) is 0 Å². The number of hydrogen-bond donors (Lipinski definition) is 1. The topological polar surface area (TPSA) is 84.8 Å². The first-order valence-corrected chi connectivity index (χ1v) is 18.7. The Morgan fingerprint density at radius 2 is 1.30 bits per heavy atom. The number of aliphatic hydroxyl groups is 1. The standard InChI is InChI=1S/C45H54O8/c1-34(41(49-29-37-18-10-5-11-19-37)35(2)26-36-16-8-4-9-17-36)24-25-45-43(51-31-39-22-14-7-15-23-39)42(50-30-38-20-12-6-13-21-38)44(53-45,32-48-33-47-3)27-40(28-46)52-45/h4-23,35,40-43,46H,1,24-33H2,2-3H3/t35-,40-,41-,42+,43+,44+,45-/m0/s1. The van der Waals surface area contributed by atoms with Crippen LogP contribution in [0.15, 0.2) is 133 Å².